The lowest BCUT2D eigenvalue weighted by atomic mass is 9.85. The van der Waals surface area contributed by atoms with Gasteiger partial charge >= 0.3 is 0 Å². The van der Waals surface area contributed by atoms with Crippen molar-refractivity contribution >= 4 is 39.4 Å². The molecule has 0 aromatic heterocycles. The van der Waals surface area contributed by atoms with E-state index in [1.807, 2.05) is 20.8 Å². The lowest BCUT2D eigenvalue weighted by Gasteiger charge is -2.47. The number of nitrogens with zero attached hydrogens (tertiary/aromatic N) is 1. The summed E-state index contributed by atoms with van der Waals surface area (Å²) >= 11 is 5.21. The van der Waals surface area contributed by atoms with E-state index in [1.165, 1.54) is 7.11 Å². The van der Waals surface area contributed by atoms with Gasteiger partial charge in [-0.25, -0.2) is 0 Å². The molecule has 0 spiro atoms. The second-order valence-corrected chi connectivity index (χ2v) is 7.81. The number of thioether (sulfide) groups is 1. The number of halogens is 1. The molecule has 2 aliphatic rings. The van der Waals surface area contributed by atoms with Gasteiger partial charge in [-0.2, -0.15) is 0 Å². The van der Waals surface area contributed by atoms with Crippen molar-refractivity contribution in [3.05, 3.63) is 11.3 Å². The lowest BCUT2D eigenvalue weighted by Crippen LogP contribution is -2.56. The number of ketones is 1. The molecule has 6 heteroatoms. The molecular weight excluding hydrogens is 342 g/mol. The molecule has 1 saturated heterocycles. The van der Waals surface area contributed by atoms with Crippen molar-refractivity contribution in [1.29, 1.82) is 0 Å². The number of rotatable bonds is 4. The van der Waals surface area contributed by atoms with Crippen molar-refractivity contribution < 1.29 is 14.3 Å². The van der Waals surface area contributed by atoms with Crippen LogP contribution >= 0.6 is 27.7 Å². The second kappa shape index (κ2) is 5.81. The minimum absolute atomic E-state index is 0.0128. The molecule has 0 aliphatic carbocycles. The Balaban J connectivity index is 2.41. The number of hydrogen-bond donors (Lipinski definition) is 0. The van der Waals surface area contributed by atoms with Crippen molar-refractivity contribution in [2.45, 2.75) is 38.7 Å². The van der Waals surface area contributed by atoms with Gasteiger partial charge in [0.15, 0.2) is 11.9 Å². The van der Waals surface area contributed by atoms with Crippen LogP contribution in [0.25, 0.3) is 0 Å². The van der Waals surface area contributed by atoms with Crippen LogP contribution in [0.4, 0.5) is 0 Å². The summed E-state index contributed by atoms with van der Waals surface area (Å²) in [5.41, 5.74) is 1.34. The van der Waals surface area contributed by atoms with E-state index in [-0.39, 0.29) is 17.1 Å². The number of carbonyl (C=O) groups excluding carboxylic acids is 2. The first-order valence-electron chi connectivity index (χ1n) is 6.60. The van der Waals surface area contributed by atoms with Crippen molar-refractivity contribution in [3.63, 3.8) is 0 Å². The maximum absolute atomic E-state index is 12.6. The normalized spacial score (nSPS) is 24.4. The number of hydrogen-bond acceptors (Lipinski definition) is 4. The summed E-state index contributed by atoms with van der Waals surface area (Å²) in [6.07, 6.45) is -0.0978. The minimum Gasteiger partial charge on any atom is -0.367 e. The number of β-lactam (4-membered cyclic amide) rings is 1. The minimum atomic E-state index is -0.657. The van der Waals surface area contributed by atoms with Gasteiger partial charge in [0.25, 0.3) is 0 Å². The van der Waals surface area contributed by atoms with Crippen LogP contribution in [0.3, 0.4) is 0 Å². The first-order chi connectivity index (χ1) is 9.31. The average molecular weight is 362 g/mol. The van der Waals surface area contributed by atoms with Crippen LogP contribution in [-0.2, 0) is 14.3 Å². The quantitative estimate of drug-likeness (QED) is 0.570. The van der Waals surface area contributed by atoms with Gasteiger partial charge in [0.05, 0.1) is 17.5 Å². The van der Waals surface area contributed by atoms with Crippen LogP contribution in [0, 0.1) is 5.41 Å². The maximum atomic E-state index is 12.6. The number of methoxy groups -OCH3 is 1. The molecule has 1 unspecified atom stereocenters. The summed E-state index contributed by atoms with van der Waals surface area (Å²) in [5, 5.41) is 0.828. The van der Waals surface area contributed by atoms with Crippen LogP contribution in [0.15, 0.2) is 11.3 Å². The largest absolute Gasteiger partial charge is 0.367 e. The molecule has 0 radical (unpaired) electrons. The third kappa shape index (κ3) is 2.70. The number of ether oxygens (including phenoxy) is 1. The van der Waals surface area contributed by atoms with E-state index in [4.69, 9.17) is 4.74 Å². The van der Waals surface area contributed by atoms with Gasteiger partial charge in [-0.15, -0.1) is 11.8 Å². The Kier molecular flexibility index (Phi) is 4.66. The zero-order valence-electron chi connectivity index (χ0n) is 12.2. The molecule has 0 N–H and O–H groups in total. The van der Waals surface area contributed by atoms with Gasteiger partial charge in [-0.3, -0.25) is 14.5 Å². The molecule has 1 amide bonds. The molecule has 20 heavy (non-hydrogen) atoms. The fraction of sp³-hybridized carbons (Fsp3) is 0.714. The average Bonchev–Trinajstić information content (AvgIpc) is 2.37. The van der Waals surface area contributed by atoms with Crippen molar-refractivity contribution in [2.75, 3.05) is 18.2 Å². The monoisotopic (exact) mass is 361 g/mol. The predicted octanol–water partition coefficient (Wildman–Crippen LogP) is 2.57. The van der Waals surface area contributed by atoms with Gasteiger partial charge in [-0.05, 0) is 5.57 Å². The number of alkyl halides is 1. The Hall–Kier alpha value is -0.330. The van der Waals surface area contributed by atoms with Crippen LogP contribution in [0.2, 0.25) is 0 Å². The Morgan fingerprint density at radius 3 is 2.65 bits per heavy atom. The third-order valence-corrected chi connectivity index (χ3v) is 5.55. The first-order valence-corrected chi connectivity index (χ1v) is 8.77. The molecule has 2 heterocycles. The molecule has 0 aromatic carbocycles. The molecule has 0 aromatic rings. The van der Waals surface area contributed by atoms with Gasteiger partial charge in [0.1, 0.15) is 0 Å². The fourth-order valence-electron chi connectivity index (χ4n) is 2.41. The number of carbonyl (C=O) groups is 2. The van der Waals surface area contributed by atoms with E-state index in [9.17, 15) is 9.59 Å². The second-order valence-electron chi connectivity index (χ2n) is 6.09. The summed E-state index contributed by atoms with van der Waals surface area (Å²) < 4.78 is 5.48. The number of Topliss-reactive ketones (excluding diaryl/α,β-unsaturated/α-hetero) is 1. The molecule has 4 nitrogen and oxygen atoms in total. The first kappa shape index (κ1) is 16.0. The summed E-state index contributed by atoms with van der Waals surface area (Å²) in [4.78, 5) is 26.3. The summed E-state index contributed by atoms with van der Waals surface area (Å²) in [6, 6.07) is 0. The standard InChI is InChI=1S/C14H20BrNO3S/c1-14(2,3)13(18)12(19-4)11-8(6-15)7-20-10-5-9(17)16(10)11/h10,12H,5-7H2,1-4H3/t10-,12?/m0/s1. The van der Waals surface area contributed by atoms with E-state index >= 15 is 0 Å². The SMILES string of the molecule is COC(C(=O)C(C)(C)C)C1=C(CBr)CS[C@H]2CC(=O)N12. The molecule has 0 saturated carbocycles. The Labute approximate surface area is 132 Å². The van der Waals surface area contributed by atoms with Crippen LogP contribution in [-0.4, -0.2) is 46.3 Å². The zero-order valence-corrected chi connectivity index (χ0v) is 14.6. The van der Waals surface area contributed by atoms with Crippen molar-refractivity contribution in [2.24, 2.45) is 5.41 Å². The van der Waals surface area contributed by atoms with E-state index in [1.54, 1.807) is 16.7 Å². The summed E-state index contributed by atoms with van der Waals surface area (Å²) in [5.74, 6) is 0.935. The molecule has 2 rings (SSSR count). The van der Waals surface area contributed by atoms with Gasteiger partial charge in [0.2, 0.25) is 5.91 Å². The van der Waals surface area contributed by atoms with E-state index in [2.05, 4.69) is 15.9 Å². The van der Waals surface area contributed by atoms with Gasteiger partial charge < -0.3 is 4.74 Å². The van der Waals surface area contributed by atoms with Crippen LogP contribution < -0.4 is 0 Å². The molecular formula is C14H20BrNO3S. The highest BCUT2D eigenvalue weighted by molar-refractivity contribution is 9.09. The van der Waals surface area contributed by atoms with Crippen molar-refractivity contribution in [3.8, 4) is 0 Å². The number of fused-ring (bicyclic) bond motifs is 1. The van der Waals surface area contributed by atoms with Crippen molar-refractivity contribution in [1.82, 2.24) is 4.90 Å². The van der Waals surface area contributed by atoms with Gasteiger partial charge in [0, 0.05) is 23.6 Å². The molecule has 0 bridgehead atoms. The topological polar surface area (TPSA) is 46.6 Å². The smallest absolute Gasteiger partial charge is 0.230 e. The molecule has 1 fully saturated rings. The zero-order chi connectivity index (χ0) is 15.1. The molecule has 112 valence electrons. The van der Waals surface area contributed by atoms with Gasteiger partial charge in [-0.1, -0.05) is 36.7 Å². The lowest BCUT2D eigenvalue weighted by molar-refractivity contribution is -0.143. The van der Waals surface area contributed by atoms with E-state index in [0.717, 1.165) is 17.0 Å². The Bertz CT molecular complexity index is 470. The molecule has 2 atom stereocenters. The maximum Gasteiger partial charge on any atom is 0.230 e. The van der Waals surface area contributed by atoms with E-state index < -0.39 is 11.5 Å². The highest BCUT2D eigenvalue weighted by Crippen LogP contribution is 2.42. The third-order valence-electron chi connectivity index (χ3n) is 3.60. The van der Waals surface area contributed by atoms with E-state index in [0.29, 0.717) is 11.8 Å². The highest BCUT2D eigenvalue weighted by atomic mass is 79.9. The summed E-state index contributed by atoms with van der Waals surface area (Å²) in [7, 11) is 1.54. The number of amides is 1. The highest BCUT2D eigenvalue weighted by Gasteiger charge is 2.47. The van der Waals surface area contributed by atoms with Crippen LogP contribution in [0.5, 0.6) is 0 Å². The summed E-state index contributed by atoms with van der Waals surface area (Å²) in [6.45, 7) is 5.63. The Morgan fingerprint density at radius 2 is 2.20 bits per heavy atom. The Morgan fingerprint density at radius 1 is 1.55 bits per heavy atom. The fourth-order valence-corrected chi connectivity index (χ4v) is 4.44. The van der Waals surface area contributed by atoms with Crippen LogP contribution in [0.1, 0.15) is 27.2 Å². The predicted molar refractivity (Wildman–Crippen MR) is 83.8 cm³/mol. The molecule has 2 aliphatic heterocycles.